The van der Waals surface area contributed by atoms with Crippen LogP contribution in [0.15, 0.2) is 76.6 Å². The molecule has 0 amide bonds. The minimum Gasteiger partial charge on any atom is -0.472 e. The molecule has 3 heterocycles. The SMILES string of the molecule is NS(=O)(=O)c1ccc(-c2c(-c3ccoc3)nn3ccccc23)cc1. The number of pyridine rings is 1. The van der Waals surface area contributed by atoms with E-state index in [1.54, 1.807) is 29.2 Å². The van der Waals surface area contributed by atoms with Crippen LogP contribution in [-0.2, 0) is 10.0 Å². The zero-order valence-corrected chi connectivity index (χ0v) is 13.3. The van der Waals surface area contributed by atoms with E-state index >= 15 is 0 Å². The number of benzene rings is 1. The van der Waals surface area contributed by atoms with Gasteiger partial charge in [-0.05, 0) is 35.9 Å². The molecule has 4 aromatic rings. The largest absolute Gasteiger partial charge is 0.472 e. The fourth-order valence-corrected chi connectivity index (χ4v) is 3.21. The van der Waals surface area contributed by atoms with Crippen LogP contribution in [0.25, 0.3) is 27.9 Å². The minimum absolute atomic E-state index is 0.0765. The molecule has 2 N–H and O–H groups in total. The van der Waals surface area contributed by atoms with Gasteiger partial charge in [0, 0.05) is 17.3 Å². The Labute approximate surface area is 138 Å². The second-order valence-electron chi connectivity index (χ2n) is 5.34. The normalized spacial score (nSPS) is 11.9. The molecule has 1 aromatic carbocycles. The highest BCUT2D eigenvalue weighted by atomic mass is 32.2. The van der Waals surface area contributed by atoms with Crippen LogP contribution in [0.1, 0.15) is 0 Å². The number of nitrogens with two attached hydrogens (primary N) is 1. The second kappa shape index (κ2) is 5.33. The van der Waals surface area contributed by atoms with Crippen LogP contribution < -0.4 is 5.14 Å². The molecule has 24 heavy (non-hydrogen) atoms. The van der Waals surface area contributed by atoms with E-state index in [4.69, 9.17) is 9.56 Å². The zero-order valence-electron chi connectivity index (χ0n) is 12.5. The van der Waals surface area contributed by atoms with Gasteiger partial charge in [-0.2, -0.15) is 5.10 Å². The minimum atomic E-state index is -3.72. The van der Waals surface area contributed by atoms with E-state index < -0.39 is 10.0 Å². The van der Waals surface area contributed by atoms with Crippen molar-refractivity contribution in [1.82, 2.24) is 9.61 Å². The van der Waals surface area contributed by atoms with E-state index in [0.717, 1.165) is 27.9 Å². The third-order valence-corrected chi connectivity index (χ3v) is 4.74. The van der Waals surface area contributed by atoms with Gasteiger partial charge in [-0.15, -0.1) is 0 Å². The van der Waals surface area contributed by atoms with E-state index in [1.807, 2.05) is 30.5 Å². The summed E-state index contributed by atoms with van der Waals surface area (Å²) in [6.07, 6.45) is 5.08. The molecule has 0 aliphatic carbocycles. The average Bonchev–Trinajstić information content (AvgIpc) is 3.21. The molecule has 0 aliphatic rings. The lowest BCUT2D eigenvalue weighted by molar-refractivity contribution is 0.568. The van der Waals surface area contributed by atoms with Gasteiger partial charge >= 0.3 is 0 Å². The van der Waals surface area contributed by atoms with Crippen LogP contribution in [0.3, 0.4) is 0 Å². The van der Waals surface area contributed by atoms with Crippen LogP contribution in [0, 0.1) is 0 Å². The summed E-state index contributed by atoms with van der Waals surface area (Å²) >= 11 is 0. The van der Waals surface area contributed by atoms with Crippen molar-refractivity contribution in [2.75, 3.05) is 0 Å². The van der Waals surface area contributed by atoms with Crippen molar-refractivity contribution in [2.24, 2.45) is 5.14 Å². The zero-order chi connectivity index (χ0) is 16.7. The molecule has 0 bridgehead atoms. The first kappa shape index (κ1) is 14.7. The fourth-order valence-electron chi connectivity index (χ4n) is 2.70. The predicted molar refractivity (Wildman–Crippen MR) is 89.7 cm³/mol. The first-order valence-electron chi connectivity index (χ1n) is 7.17. The monoisotopic (exact) mass is 339 g/mol. The molecule has 120 valence electrons. The Hall–Kier alpha value is -2.90. The van der Waals surface area contributed by atoms with Crippen molar-refractivity contribution in [3.8, 4) is 22.4 Å². The summed E-state index contributed by atoms with van der Waals surface area (Å²) < 4.78 is 29.8. The van der Waals surface area contributed by atoms with Gasteiger partial charge in [-0.1, -0.05) is 18.2 Å². The Morgan fingerprint density at radius 3 is 2.46 bits per heavy atom. The van der Waals surface area contributed by atoms with Crippen LogP contribution >= 0.6 is 0 Å². The molecule has 0 fully saturated rings. The van der Waals surface area contributed by atoms with Crippen molar-refractivity contribution < 1.29 is 12.8 Å². The smallest absolute Gasteiger partial charge is 0.238 e. The number of fused-ring (bicyclic) bond motifs is 1. The van der Waals surface area contributed by atoms with Gasteiger partial charge in [0.2, 0.25) is 10.0 Å². The summed E-state index contributed by atoms with van der Waals surface area (Å²) in [5.74, 6) is 0. The van der Waals surface area contributed by atoms with Crippen molar-refractivity contribution in [3.05, 3.63) is 67.3 Å². The molecule has 0 saturated heterocycles. The Bertz CT molecular complexity index is 1110. The first-order valence-corrected chi connectivity index (χ1v) is 8.72. The number of hydrogen-bond donors (Lipinski definition) is 1. The average molecular weight is 339 g/mol. The Morgan fingerprint density at radius 1 is 1.00 bits per heavy atom. The van der Waals surface area contributed by atoms with Crippen molar-refractivity contribution >= 4 is 15.5 Å². The first-order chi connectivity index (χ1) is 11.5. The lowest BCUT2D eigenvalue weighted by atomic mass is 10.0. The number of aromatic nitrogens is 2. The van der Waals surface area contributed by atoms with Gasteiger partial charge in [0.25, 0.3) is 0 Å². The Morgan fingerprint density at radius 2 is 1.79 bits per heavy atom. The molecule has 0 radical (unpaired) electrons. The molecular weight excluding hydrogens is 326 g/mol. The van der Waals surface area contributed by atoms with Gasteiger partial charge in [0.1, 0.15) is 5.69 Å². The molecule has 0 atom stereocenters. The summed E-state index contributed by atoms with van der Waals surface area (Å²) in [6, 6.07) is 14.1. The third kappa shape index (κ3) is 2.40. The summed E-state index contributed by atoms with van der Waals surface area (Å²) in [5, 5.41) is 9.78. The number of nitrogens with zero attached hydrogens (tertiary/aromatic N) is 2. The second-order valence-corrected chi connectivity index (χ2v) is 6.90. The standard InChI is InChI=1S/C17H13N3O3S/c18-24(21,22)14-6-4-12(5-7-14)16-15-3-1-2-9-20(15)19-17(16)13-8-10-23-11-13/h1-11H,(H2,18,21,22). The van der Waals surface area contributed by atoms with Crippen molar-refractivity contribution in [1.29, 1.82) is 0 Å². The molecular formula is C17H13N3O3S. The van der Waals surface area contributed by atoms with Gasteiger partial charge < -0.3 is 4.42 Å². The van der Waals surface area contributed by atoms with Crippen LogP contribution in [0.5, 0.6) is 0 Å². The summed E-state index contributed by atoms with van der Waals surface area (Å²) in [4.78, 5) is 0.0765. The van der Waals surface area contributed by atoms with E-state index in [2.05, 4.69) is 5.10 Å². The van der Waals surface area contributed by atoms with Crippen molar-refractivity contribution in [3.63, 3.8) is 0 Å². The molecule has 0 aliphatic heterocycles. The molecule has 7 heteroatoms. The van der Waals surface area contributed by atoms with Gasteiger partial charge in [0.15, 0.2) is 0 Å². The lowest BCUT2D eigenvalue weighted by Gasteiger charge is -2.04. The van der Waals surface area contributed by atoms with E-state index in [1.165, 1.54) is 12.1 Å². The molecule has 0 unspecified atom stereocenters. The molecule has 6 nitrogen and oxygen atoms in total. The maximum atomic E-state index is 11.4. The number of furan rings is 1. The van der Waals surface area contributed by atoms with Gasteiger partial charge in [0.05, 0.1) is 22.9 Å². The molecule has 0 saturated carbocycles. The quantitative estimate of drug-likeness (QED) is 0.621. The summed E-state index contributed by atoms with van der Waals surface area (Å²) in [7, 11) is -3.72. The van der Waals surface area contributed by atoms with E-state index in [0.29, 0.717) is 0 Å². The highest BCUT2D eigenvalue weighted by Crippen LogP contribution is 2.35. The van der Waals surface area contributed by atoms with Crippen molar-refractivity contribution in [2.45, 2.75) is 4.90 Å². The number of primary sulfonamides is 1. The molecule has 3 aromatic heterocycles. The van der Waals surface area contributed by atoms with Crippen LogP contribution in [0.2, 0.25) is 0 Å². The maximum absolute atomic E-state index is 11.4. The highest BCUT2D eigenvalue weighted by Gasteiger charge is 2.17. The van der Waals surface area contributed by atoms with Gasteiger partial charge in [-0.3, -0.25) is 0 Å². The summed E-state index contributed by atoms with van der Waals surface area (Å²) in [5.41, 5.74) is 4.28. The fraction of sp³-hybridized carbons (Fsp3) is 0. The van der Waals surface area contributed by atoms with E-state index in [-0.39, 0.29) is 4.90 Å². The lowest BCUT2D eigenvalue weighted by Crippen LogP contribution is -2.11. The maximum Gasteiger partial charge on any atom is 0.238 e. The van der Waals surface area contributed by atoms with Gasteiger partial charge in [-0.25, -0.2) is 18.1 Å². The molecule has 0 spiro atoms. The predicted octanol–water partition coefficient (Wildman–Crippen LogP) is 2.91. The number of rotatable bonds is 3. The Balaban J connectivity index is 1.97. The topological polar surface area (TPSA) is 90.6 Å². The highest BCUT2D eigenvalue weighted by molar-refractivity contribution is 7.89. The Kier molecular flexibility index (Phi) is 3.26. The third-order valence-electron chi connectivity index (χ3n) is 3.81. The van der Waals surface area contributed by atoms with E-state index in [9.17, 15) is 8.42 Å². The molecule has 4 rings (SSSR count). The number of hydrogen-bond acceptors (Lipinski definition) is 4. The van der Waals surface area contributed by atoms with Crippen LogP contribution in [-0.4, -0.2) is 18.0 Å². The number of sulfonamides is 1. The summed E-state index contributed by atoms with van der Waals surface area (Å²) in [6.45, 7) is 0. The van der Waals surface area contributed by atoms with Crippen LogP contribution in [0.4, 0.5) is 0 Å².